The molecule has 138 valence electrons. The summed E-state index contributed by atoms with van der Waals surface area (Å²) < 4.78 is 8.81. The molecule has 1 unspecified atom stereocenters. The Morgan fingerprint density at radius 3 is 2.69 bits per heavy atom. The minimum Gasteiger partial charge on any atom is -0.423 e. The van der Waals surface area contributed by atoms with Gasteiger partial charge in [-0.2, -0.15) is 9.07 Å². The van der Waals surface area contributed by atoms with Gasteiger partial charge in [-0.3, -0.25) is 18.9 Å². The summed E-state index contributed by atoms with van der Waals surface area (Å²) in [6.45, 7) is 3.49. The van der Waals surface area contributed by atoms with E-state index in [1.165, 1.54) is 17.8 Å². The maximum atomic E-state index is 12.7. The molecule has 0 radical (unpaired) electrons. The first-order chi connectivity index (χ1) is 12.3. The standard InChI is InChI=1S/C16H18ClN5O4/c1-9-4-5-11(8-18-9)26-15-19-13-12(22(15)17)14(24)21(7-6-10(2)23)16(25)20(13)3/h4-5,8,10,23H,6-7H2,1-3H3. The normalized spacial score (nSPS) is 12.5. The van der Waals surface area contributed by atoms with Gasteiger partial charge in [0, 0.05) is 31.1 Å². The third kappa shape index (κ3) is 3.23. The molecule has 0 saturated carbocycles. The summed E-state index contributed by atoms with van der Waals surface area (Å²) in [4.78, 5) is 33.4. The van der Waals surface area contributed by atoms with Crippen molar-refractivity contribution >= 4 is 22.9 Å². The number of imidazole rings is 1. The van der Waals surface area contributed by atoms with E-state index in [0.717, 1.165) is 14.3 Å². The van der Waals surface area contributed by atoms with E-state index in [2.05, 4.69) is 9.97 Å². The zero-order valence-electron chi connectivity index (χ0n) is 14.5. The van der Waals surface area contributed by atoms with E-state index in [1.807, 2.05) is 6.92 Å². The van der Waals surface area contributed by atoms with Crippen molar-refractivity contribution in [1.29, 1.82) is 0 Å². The number of rotatable bonds is 5. The summed E-state index contributed by atoms with van der Waals surface area (Å²) in [6.07, 6.45) is 1.12. The highest BCUT2D eigenvalue weighted by atomic mass is 35.5. The smallest absolute Gasteiger partial charge is 0.332 e. The van der Waals surface area contributed by atoms with Crippen LogP contribution in [-0.4, -0.2) is 34.4 Å². The minimum absolute atomic E-state index is 0.0226. The molecule has 26 heavy (non-hydrogen) atoms. The van der Waals surface area contributed by atoms with E-state index in [-0.39, 0.29) is 30.1 Å². The van der Waals surface area contributed by atoms with E-state index in [4.69, 9.17) is 16.5 Å². The molecule has 0 aromatic carbocycles. The Morgan fingerprint density at radius 2 is 2.08 bits per heavy atom. The Bertz CT molecular complexity index is 1070. The molecule has 0 bridgehead atoms. The lowest BCUT2D eigenvalue weighted by Gasteiger charge is -2.09. The van der Waals surface area contributed by atoms with E-state index < -0.39 is 17.4 Å². The molecule has 3 heterocycles. The van der Waals surface area contributed by atoms with Crippen LogP contribution >= 0.6 is 11.8 Å². The van der Waals surface area contributed by atoms with Crippen molar-refractivity contribution in [3.63, 3.8) is 0 Å². The number of hydrogen-bond acceptors (Lipinski definition) is 6. The molecular formula is C16H18ClN5O4. The van der Waals surface area contributed by atoms with Gasteiger partial charge in [-0.05, 0) is 32.4 Å². The van der Waals surface area contributed by atoms with Crippen LogP contribution in [0.3, 0.4) is 0 Å². The van der Waals surface area contributed by atoms with Crippen molar-refractivity contribution in [2.45, 2.75) is 32.9 Å². The summed E-state index contributed by atoms with van der Waals surface area (Å²) in [5.41, 5.74) is -0.183. The van der Waals surface area contributed by atoms with Crippen LogP contribution in [0.4, 0.5) is 0 Å². The van der Waals surface area contributed by atoms with Gasteiger partial charge < -0.3 is 9.84 Å². The average molecular weight is 380 g/mol. The predicted octanol–water partition coefficient (Wildman–Crippen LogP) is 1.17. The van der Waals surface area contributed by atoms with E-state index in [9.17, 15) is 14.7 Å². The Morgan fingerprint density at radius 1 is 1.35 bits per heavy atom. The Kier molecular flexibility index (Phi) is 4.84. The van der Waals surface area contributed by atoms with Crippen LogP contribution in [0.25, 0.3) is 11.2 Å². The predicted molar refractivity (Wildman–Crippen MR) is 95.8 cm³/mol. The third-order valence-electron chi connectivity index (χ3n) is 3.92. The van der Waals surface area contributed by atoms with Crippen LogP contribution in [0.15, 0.2) is 27.9 Å². The quantitative estimate of drug-likeness (QED) is 0.713. The molecule has 0 aliphatic carbocycles. The number of fused-ring (bicyclic) bond motifs is 1. The number of aromatic nitrogens is 5. The summed E-state index contributed by atoms with van der Waals surface area (Å²) in [7, 11) is 1.49. The van der Waals surface area contributed by atoms with Gasteiger partial charge in [-0.25, -0.2) is 4.79 Å². The first kappa shape index (κ1) is 18.2. The van der Waals surface area contributed by atoms with E-state index in [0.29, 0.717) is 5.75 Å². The van der Waals surface area contributed by atoms with Crippen molar-refractivity contribution in [3.05, 3.63) is 44.9 Å². The highest BCUT2D eigenvalue weighted by molar-refractivity contribution is 6.19. The van der Waals surface area contributed by atoms with Gasteiger partial charge in [0.25, 0.3) is 5.56 Å². The number of aliphatic hydroxyl groups excluding tert-OH is 1. The first-order valence-corrected chi connectivity index (χ1v) is 8.30. The SMILES string of the molecule is Cc1ccc(Oc2nc3c(c(=O)n(CCC(C)O)c(=O)n3C)n2Cl)cn1. The highest BCUT2D eigenvalue weighted by Crippen LogP contribution is 2.24. The number of nitrogens with zero attached hydrogens (tertiary/aromatic N) is 5. The summed E-state index contributed by atoms with van der Waals surface area (Å²) in [5.74, 6) is 0.396. The van der Waals surface area contributed by atoms with Gasteiger partial charge in [0.05, 0.1) is 12.3 Å². The van der Waals surface area contributed by atoms with E-state index in [1.54, 1.807) is 19.1 Å². The van der Waals surface area contributed by atoms with Crippen molar-refractivity contribution in [3.8, 4) is 11.8 Å². The molecule has 1 N–H and O–H groups in total. The maximum absolute atomic E-state index is 12.7. The van der Waals surface area contributed by atoms with Crippen LogP contribution in [0.5, 0.6) is 11.8 Å². The zero-order valence-corrected chi connectivity index (χ0v) is 15.3. The Labute approximate surface area is 153 Å². The molecule has 0 aliphatic heterocycles. The molecule has 0 spiro atoms. The van der Waals surface area contributed by atoms with Gasteiger partial charge in [0.2, 0.25) is 0 Å². The summed E-state index contributed by atoms with van der Waals surface area (Å²) in [6, 6.07) is 3.40. The van der Waals surface area contributed by atoms with Crippen molar-refractivity contribution in [2.75, 3.05) is 0 Å². The number of halogens is 1. The molecule has 10 heteroatoms. The second-order valence-corrected chi connectivity index (χ2v) is 6.36. The number of ether oxygens (including phenoxy) is 1. The van der Waals surface area contributed by atoms with Crippen LogP contribution in [0.2, 0.25) is 0 Å². The lowest BCUT2D eigenvalue weighted by atomic mass is 10.3. The summed E-state index contributed by atoms with van der Waals surface area (Å²) in [5, 5.41) is 9.43. The van der Waals surface area contributed by atoms with Crippen LogP contribution < -0.4 is 16.0 Å². The second-order valence-electron chi connectivity index (χ2n) is 6.02. The molecule has 0 amide bonds. The number of aliphatic hydroxyl groups is 1. The molecule has 0 fully saturated rings. The maximum Gasteiger partial charge on any atom is 0.332 e. The first-order valence-electron chi connectivity index (χ1n) is 7.96. The van der Waals surface area contributed by atoms with E-state index >= 15 is 0 Å². The lowest BCUT2D eigenvalue weighted by molar-refractivity contribution is 0.177. The fourth-order valence-electron chi connectivity index (χ4n) is 2.47. The molecule has 3 aromatic rings. The van der Waals surface area contributed by atoms with Gasteiger partial charge in [0.15, 0.2) is 11.2 Å². The highest BCUT2D eigenvalue weighted by Gasteiger charge is 2.21. The Hall–Kier alpha value is -2.65. The molecular weight excluding hydrogens is 362 g/mol. The van der Waals surface area contributed by atoms with Gasteiger partial charge in [0.1, 0.15) is 5.75 Å². The number of hydrogen-bond donors (Lipinski definition) is 1. The van der Waals surface area contributed by atoms with Crippen molar-refractivity contribution in [1.82, 2.24) is 23.2 Å². The van der Waals surface area contributed by atoms with Gasteiger partial charge in [-0.15, -0.1) is 0 Å². The molecule has 1 atom stereocenters. The summed E-state index contributed by atoms with van der Waals surface area (Å²) >= 11 is 6.23. The Balaban J connectivity index is 2.11. The van der Waals surface area contributed by atoms with Crippen LogP contribution in [-0.2, 0) is 13.6 Å². The zero-order chi connectivity index (χ0) is 19.0. The fraction of sp³-hybridized carbons (Fsp3) is 0.375. The molecule has 0 saturated heterocycles. The second kappa shape index (κ2) is 6.93. The monoisotopic (exact) mass is 379 g/mol. The van der Waals surface area contributed by atoms with Crippen LogP contribution in [0.1, 0.15) is 19.0 Å². The van der Waals surface area contributed by atoms with Crippen LogP contribution in [0, 0.1) is 6.92 Å². The topological polar surface area (TPSA) is 104 Å². The van der Waals surface area contributed by atoms with Crippen molar-refractivity contribution < 1.29 is 9.84 Å². The average Bonchev–Trinajstić information content (AvgIpc) is 2.91. The van der Waals surface area contributed by atoms with Gasteiger partial charge >= 0.3 is 11.7 Å². The third-order valence-corrected chi connectivity index (χ3v) is 4.24. The number of aryl methyl sites for hydroxylation is 2. The van der Waals surface area contributed by atoms with Crippen molar-refractivity contribution in [2.24, 2.45) is 7.05 Å². The molecule has 3 rings (SSSR count). The largest absolute Gasteiger partial charge is 0.423 e. The lowest BCUT2D eigenvalue weighted by Crippen LogP contribution is -2.40. The molecule has 9 nitrogen and oxygen atoms in total. The fourth-order valence-corrected chi connectivity index (χ4v) is 2.69. The van der Waals surface area contributed by atoms with Gasteiger partial charge in [-0.1, -0.05) is 0 Å². The number of pyridine rings is 1. The molecule has 3 aromatic heterocycles. The molecule has 0 aliphatic rings. The minimum atomic E-state index is -0.642.